The van der Waals surface area contributed by atoms with Crippen LogP contribution in [0.25, 0.3) is 0 Å². The smallest absolute Gasteiger partial charge is 0.387 e. The Kier molecular flexibility index (Phi) is 7.59. The molecule has 1 aromatic rings. The molecule has 1 rings (SSSR count). The molecular formula is C15H22F2N2O3. The van der Waals surface area contributed by atoms with E-state index in [9.17, 15) is 13.6 Å². The zero-order valence-corrected chi connectivity index (χ0v) is 13.1. The number of hydrogen-bond acceptors (Lipinski definition) is 4. The molecule has 1 N–H and O–H groups in total. The van der Waals surface area contributed by atoms with Gasteiger partial charge < -0.3 is 19.7 Å². The van der Waals surface area contributed by atoms with Crippen molar-refractivity contribution in [3.63, 3.8) is 0 Å². The topological polar surface area (TPSA) is 50.8 Å². The van der Waals surface area contributed by atoms with Crippen LogP contribution in [0.5, 0.6) is 11.5 Å². The molecule has 0 bridgehead atoms. The van der Waals surface area contributed by atoms with Gasteiger partial charge in [-0.15, -0.1) is 0 Å². The van der Waals surface area contributed by atoms with Gasteiger partial charge in [-0.25, -0.2) is 0 Å². The van der Waals surface area contributed by atoms with E-state index in [4.69, 9.17) is 4.74 Å². The van der Waals surface area contributed by atoms with E-state index in [0.717, 1.165) is 5.56 Å². The van der Waals surface area contributed by atoms with Crippen LogP contribution >= 0.6 is 0 Å². The quantitative estimate of drug-likeness (QED) is 0.710. The van der Waals surface area contributed by atoms with Gasteiger partial charge in [-0.05, 0) is 24.6 Å². The molecule has 0 spiro atoms. The van der Waals surface area contributed by atoms with Crippen LogP contribution in [0, 0.1) is 0 Å². The second-order valence-electron chi connectivity index (χ2n) is 4.81. The Balaban J connectivity index is 2.56. The predicted octanol–water partition coefficient (Wildman–Crippen LogP) is 2.25. The maximum absolute atomic E-state index is 12.3. The SMILES string of the molecule is CCOc1cc(CNCCC(=O)N(C)C)ccc1OC(F)F. The van der Waals surface area contributed by atoms with Crippen LogP contribution < -0.4 is 14.8 Å². The van der Waals surface area contributed by atoms with E-state index in [0.29, 0.717) is 26.1 Å². The predicted molar refractivity (Wildman–Crippen MR) is 79.3 cm³/mol. The standard InChI is InChI=1S/C15H22F2N2O3/c1-4-21-13-9-11(5-6-12(13)22-15(16)17)10-18-8-7-14(20)19(2)3/h5-6,9,15,18H,4,7-8,10H2,1-3H3. The molecule has 1 amide bonds. The van der Waals surface area contributed by atoms with Crippen LogP contribution in [0.15, 0.2) is 18.2 Å². The molecule has 7 heteroatoms. The van der Waals surface area contributed by atoms with Gasteiger partial charge in [-0.1, -0.05) is 6.07 Å². The zero-order chi connectivity index (χ0) is 16.5. The van der Waals surface area contributed by atoms with Gasteiger partial charge in [0.05, 0.1) is 6.61 Å². The van der Waals surface area contributed by atoms with Crippen LogP contribution in [0.2, 0.25) is 0 Å². The molecule has 124 valence electrons. The van der Waals surface area contributed by atoms with Crippen LogP contribution in [-0.4, -0.2) is 44.7 Å². The van der Waals surface area contributed by atoms with Gasteiger partial charge in [0.1, 0.15) is 0 Å². The lowest BCUT2D eigenvalue weighted by molar-refractivity contribution is -0.128. The molecule has 0 saturated carbocycles. The molecule has 0 fully saturated rings. The molecule has 0 saturated heterocycles. The van der Waals surface area contributed by atoms with Crippen molar-refractivity contribution >= 4 is 5.91 Å². The van der Waals surface area contributed by atoms with Crippen LogP contribution in [0.4, 0.5) is 8.78 Å². The fourth-order valence-corrected chi connectivity index (χ4v) is 1.78. The number of nitrogens with zero attached hydrogens (tertiary/aromatic N) is 1. The second-order valence-corrected chi connectivity index (χ2v) is 4.81. The molecule has 0 heterocycles. The maximum atomic E-state index is 12.3. The first kappa shape index (κ1) is 18.2. The highest BCUT2D eigenvalue weighted by molar-refractivity contribution is 5.75. The van der Waals surface area contributed by atoms with Crippen molar-refractivity contribution < 1.29 is 23.0 Å². The maximum Gasteiger partial charge on any atom is 0.387 e. The van der Waals surface area contributed by atoms with E-state index >= 15 is 0 Å². The summed E-state index contributed by atoms with van der Waals surface area (Å²) in [6.07, 6.45) is 0.401. The van der Waals surface area contributed by atoms with Gasteiger partial charge in [0.25, 0.3) is 0 Å². The van der Waals surface area contributed by atoms with Gasteiger partial charge in [0.15, 0.2) is 11.5 Å². The van der Waals surface area contributed by atoms with E-state index in [1.165, 1.54) is 11.0 Å². The Bertz CT molecular complexity index is 482. The first-order valence-electron chi connectivity index (χ1n) is 7.05. The minimum atomic E-state index is -2.89. The fraction of sp³-hybridized carbons (Fsp3) is 0.533. The number of halogens is 2. The molecule has 0 unspecified atom stereocenters. The average Bonchev–Trinajstić information content (AvgIpc) is 2.45. The summed E-state index contributed by atoms with van der Waals surface area (Å²) in [7, 11) is 3.41. The largest absolute Gasteiger partial charge is 0.490 e. The molecule has 0 aliphatic heterocycles. The highest BCUT2D eigenvalue weighted by Crippen LogP contribution is 2.29. The van der Waals surface area contributed by atoms with Crippen molar-refractivity contribution in [2.75, 3.05) is 27.2 Å². The molecule has 0 aliphatic carbocycles. The van der Waals surface area contributed by atoms with Gasteiger partial charge in [0, 0.05) is 33.6 Å². The Morgan fingerprint density at radius 3 is 2.64 bits per heavy atom. The third-order valence-electron chi connectivity index (χ3n) is 2.87. The number of alkyl halides is 2. The van der Waals surface area contributed by atoms with Crippen molar-refractivity contribution in [3.8, 4) is 11.5 Å². The summed E-state index contributed by atoms with van der Waals surface area (Å²) in [6.45, 7) is 0.282. The van der Waals surface area contributed by atoms with Gasteiger partial charge >= 0.3 is 6.61 Å². The first-order chi connectivity index (χ1) is 10.4. The van der Waals surface area contributed by atoms with Gasteiger partial charge in [-0.2, -0.15) is 8.78 Å². The minimum Gasteiger partial charge on any atom is -0.490 e. The van der Waals surface area contributed by atoms with E-state index < -0.39 is 6.61 Å². The Labute approximate surface area is 129 Å². The zero-order valence-electron chi connectivity index (χ0n) is 13.1. The van der Waals surface area contributed by atoms with E-state index in [2.05, 4.69) is 10.1 Å². The third kappa shape index (κ3) is 6.26. The number of carbonyl (C=O) groups is 1. The number of benzene rings is 1. The molecule has 0 atom stereocenters. The number of carbonyl (C=O) groups excluding carboxylic acids is 1. The summed E-state index contributed by atoms with van der Waals surface area (Å²) in [5.41, 5.74) is 0.863. The molecule has 0 aliphatic rings. The molecule has 0 aromatic heterocycles. The summed E-state index contributed by atoms with van der Waals surface area (Å²) < 4.78 is 34.3. The summed E-state index contributed by atoms with van der Waals surface area (Å²) in [4.78, 5) is 13.0. The molecule has 0 radical (unpaired) electrons. The summed E-state index contributed by atoms with van der Waals surface area (Å²) >= 11 is 0. The Morgan fingerprint density at radius 2 is 2.05 bits per heavy atom. The number of nitrogens with one attached hydrogen (secondary N) is 1. The Hall–Kier alpha value is -1.89. The average molecular weight is 316 g/mol. The molecule has 1 aromatic carbocycles. The van der Waals surface area contributed by atoms with Crippen molar-refractivity contribution in [3.05, 3.63) is 23.8 Å². The molecular weight excluding hydrogens is 294 g/mol. The molecule has 5 nitrogen and oxygen atoms in total. The first-order valence-corrected chi connectivity index (χ1v) is 7.05. The number of hydrogen-bond donors (Lipinski definition) is 1. The lowest BCUT2D eigenvalue weighted by atomic mass is 10.2. The number of rotatable bonds is 9. The second kappa shape index (κ2) is 9.19. The number of ether oxygens (including phenoxy) is 2. The van der Waals surface area contributed by atoms with E-state index in [-0.39, 0.29) is 17.4 Å². The van der Waals surface area contributed by atoms with Crippen molar-refractivity contribution in [1.82, 2.24) is 10.2 Å². The third-order valence-corrected chi connectivity index (χ3v) is 2.87. The van der Waals surface area contributed by atoms with Crippen LogP contribution in [0.1, 0.15) is 18.9 Å². The van der Waals surface area contributed by atoms with Gasteiger partial charge in [0.2, 0.25) is 5.91 Å². The number of amides is 1. The highest BCUT2D eigenvalue weighted by Gasteiger charge is 2.11. The monoisotopic (exact) mass is 316 g/mol. The Morgan fingerprint density at radius 1 is 1.32 bits per heavy atom. The summed E-state index contributed by atoms with van der Waals surface area (Å²) in [5, 5.41) is 3.13. The molecule has 22 heavy (non-hydrogen) atoms. The van der Waals surface area contributed by atoms with Crippen molar-refractivity contribution in [2.24, 2.45) is 0 Å². The fourth-order valence-electron chi connectivity index (χ4n) is 1.78. The van der Waals surface area contributed by atoms with Crippen LogP contribution in [0.3, 0.4) is 0 Å². The lowest BCUT2D eigenvalue weighted by Crippen LogP contribution is -2.26. The van der Waals surface area contributed by atoms with E-state index in [1.807, 2.05) is 0 Å². The summed E-state index contributed by atoms with van der Waals surface area (Å²) in [5.74, 6) is 0.345. The highest BCUT2D eigenvalue weighted by atomic mass is 19.3. The normalized spacial score (nSPS) is 10.6. The van der Waals surface area contributed by atoms with Crippen molar-refractivity contribution in [2.45, 2.75) is 26.5 Å². The minimum absolute atomic E-state index is 0.0170. The van der Waals surface area contributed by atoms with Crippen LogP contribution in [-0.2, 0) is 11.3 Å². The van der Waals surface area contributed by atoms with Gasteiger partial charge in [-0.3, -0.25) is 4.79 Å². The lowest BCUT2D eigenvalue weighted by Gasteiger charge is -2.13. The van der Waals surface area contributed by atoms with Crippen molar-refractivity contribution in [1.29, 1.82) is 0 Å². The summed E-state index contributed by atoms with van der Waals surface area (Å²) in [6, 6.07) is 4.79. The van der Waals surface area contributed by atoms with E-state index in [1.54, 1.807) is 33.2 Å².